The molecule has 1 aliphatic heterocycles. The van der Waals surface area contributed by atoms with Gasteiger partial charge in [-0.05, 0) is 12.8 Å². The van der Waals surface area contributed by atoms with E-state index in [4.69, 9.17) is 9.47 Å². The summed E-state index contributed by atoms with van der Waals surface area (Å²) >= 11 is 0. The maximum absolute atomic E-state index is 10.5. The average molecular weight is 274 g/mol. The van der Waals surface area contributed by atoms with Crippen LogP contribution in [0.25, 0.3) is 0 Å². The summed E-state index contributed by atoms with van der Waals surface area (Å²) < 4.78 is 10.9. The second-order valence-electron chi connectivity index (χ2n) is 6.02. The van der Waals surface area contributed by atoms with E-state index in [9.17, 15) is 20.4 Å². The van der Waals surface area contributed by atoms with E-state index in [2.05, 4.69) is 0 Å². The van der Waals surface area contributed by atoms with Gasteiger partial charge in [-0.15, -0.1) is 0 Å². The van der Waals surface area contributed by atoms with Gasteiger partial charge < -0.3 is 29.9 Å². The van der Waals surface area contributed by atoms with Crippen LogP contribution in [0.2, 0.25) is 0 Å². The van der Waals surface area contributed by atoms with Gasteiger partial charge in [0.05, 0.1) is 0 Å². The van der Waals surface area contributed by atoms with Crippen LogP contribution in [0.3, 0.4) is 0 Å². The highest BCUT2D eigenvalue weighted by molar-refractivity contribution is 5.28. The normalized spacial score (nSPS) is 52.6. The van der Waals surface area contributed by atoms with Crippen molar-refractivity contribution in [3.63, 3.8) is 0 Å². The van der Waals surface area contributed by atoms with Crippen LogP contribution >= 0.6 is 0 Å². The predicted octanol–water partition coefficient (Wildman–Crippen LogP) is -1.07. The zero-order valence-corrected chi connectivity index (χ0v) is 11.0. The summed E-state index contributed by atoms with van der Waals surface area (Å²) in [6.07, 6.45) is -1.44. The first-order chi connectivity index (χ1) is 9.00. The van der Waals surface area contributed by atoms with Gasteiger partial charge in [0.1, 0.15) is 36.1 Å². The van der Waals surface area contributed by atoms with Gasteiger partial charge in [-0.2, -0.15) is 0 Å². The molecule has 0 aromatic heterocycles. The first-order valence-corrected chi connectivity index (χ1v) is 6.95. The van der Waals surface area contributed by atoms with E-state index >= 15 is 0 Å². The van der Waals surface area contributed by atoms with Crippen LogP contribution in [0.4, 0.5) is 0 Å². The third-order valence-electron chi connectivity index (χ3n) is 5.17. The van der Waals surface area contributed by atoms with E-state index in [0.717, 1.165) is 32.1 Å². The van der Waals surface area contributed by atoms with Crippen molar-refractivity contribution < 1.29 is 29.9 Å². The Morgan fingerprint density at radius 1 is 0.947 bits per heavy atom. The monoisotopic (exact) mass is 274 g/mol. The Morgan fingerprint density at radius 2 is 1.58 bits per heavy atom. The number of epoxide rings is 1. The van der Waals surface area contributed by atoms with E-state index in [1.807, 2.05) is 0 Å². The Kier molecular flexibility index (Phi) is 3.16. The number of rotatable bonds is 1. The van der Waals surface area contributed by atoms with Crippen LogP contribution in [0, 0.1) is 0 Å². The summed E-state index contributed by atoms with van der Waals surface area (Å²) in [5, 5.41) is 40.6. The second kappa shape index (κ2) is 4.38. The molecule has 19 heavy (non-hydrogen) atoms. The lowest BCUT2D eigenvalue weighted by molar-refractivity contribution is -0.217. The Morgan fingerprint density at radius 3 is 2.16 bits per heavy atom. The standard InChI is InChI=1S/C13H22O6/c1-18-9-7(14)8(15)10(16)13(11(9)17)12(19-13)5-3-2-4-6-12/h7-11,14-17H,2-6H2,1H3/t7-,8-,9+,10+,11+,13+/m1/s1. The first kappa shape index (κ1) is 13.7. The molecule has 110 valence electrons. The summed E-state index contributed by atoms with van der Waals surface area (Å²) in [7, 11) is 1.37. The van der Waals surface area contributed by atoms with Crippen molar-refractivity contribution in [3.8, 4) is 0 Å². The number of methoxy groups -OCH3 is 1. The van der Waals surface area contributed by atoms with Gasteiger partial charge in [-0.25, -0.2) is 0 Å². The fourth-order valence-corrected chi connectivity index (χ4v) is 4.08. The zero-order valence-electron chi connectivity index (χ0n) is 11.0. The molecule has 0 aromatic carbocycles. The lowest BCUT2D eigenvalue weighted by Crippen LogP contribution is -2.68. The van der Waals surface area contributed by atoms with Crippen LogP contribution < -0.4 is 0 Å². The number of hydrogen-bond acceptors (Lipinski definition) is 6. The molecule has 2 spiro atoms. The Bertz CT molecular complexity index is 355. The molecule has 6 heteroatoms. The maximum atomic E-state index is 10.5. The molecule has 3 rings (SSSR count). The topological polar surface area (TPSA) is 103 Å². The molecule has 0 unspecified atom stereocenters. The van der Waals surface area contributed by atoms with Crippen molar-refractivity contribution in [2.24, 2.45) is 0 Å². The number of aliphatic hydroxyl groups is 4. The molecule has 4 N–H and O–H groups in total. The lowest BCUT2D eigenvalue weighted by atomic mass is 9.68. The fourth-order valence-electron chi connectivity index (χ4n) is 4.08. The summed E-state index contributed by atoms with van der Waals surface area (Å²) in [6.45, 7) is 0. The van der Waals surface area contributed by atoms with Crippen LogP contribution in [-0.4, -0.2) is 69.3 Å². The van der Waals surface area contributed by atoms with Gasteiger partial charge in [0.15, 0.2) is 5.60 Å². The summed E-state index contributed by atoms with van der Waals surface area (Å²) in [6, 6.07) is 0. The molecule has 1 saturated heterocycles. The molecule has 3 aliphatic rings. The van der Waals surface area contributed by atoms with Gasteiger partial charge in [0.2, 0.25) is 0 Å². The van der Waals surface area contributed by atoms with Crippen molar-refractivity contribution in [3.05, 3.63) is 0 Å². The Balaban J connectivity index is 1.92. The van der Waals surface area contributed by atoms with Gasteiger partial charge in [0.25, 0.3) is 0 Å². The smallest absolute Gasteiger partial charge is 0.155 e. The van der Waals surface area contributed by atoms with Crippen molar-refractivity contribution >= 4 is 0 Å². The predicted molar refractivity (Wildman–Crippen MR) is 64.5 cm³/mol. The average Bonchev–Trinajstić information content (AvgIpc) is 3.05. The highest BCUT2D eigenvalue weighted by Crippen LogP contribution is 2.62. The van der Waals surface area contributed by atoms with Gasteiger partial charge in [0, 0.05) is 7.11 Å². The largest absolute Gasteiger partial charge is 0.387 e. The molecule has 0 radical (unpaired) electrons. The molecular weight excluding hydrogens is 252 g/mol. The maximum Gasteiger partial charge on any atom is 0.155 e. The molecular formula is C13H22O6. The van der Waals surface area contributed by atoms with Gasteiger partial charge >= 0.3 is 0 Å². The Labute approximate surface area is 112 Å². The van der Waals surface area contributed by atoms with E-state index in [1.165, 1.54) is 7.11 Å². The van der Waals surface area contributed by atoms with Crippen LogP contribution in [0.1, 0.15) is 32.1 Å². The minimum absolute atomic E-state index is 0.567. The highest BCUT2D eigenvalue weighted by Gasteiger charge is 2.80. The van der Waals surface area contributed by atoms with E-state index in [1.54, 1.807) is 0 Å². The molecule has 0 amide bonds. The first-order valence-electron chi connectivity index (χ1n) is 6.95. The Hall–Kier alpha value is -0.240. The minimum atomic E-state index is -1.37. The lowest BCUT2D eigenvalue weighted by Gasteiger charge is -2.44. The zero-order chi connectivity index (χ0) is 13.8. The number of fused-ring (bicyclic) bond motifs is 1. The molecule has 2 aliphatic carbocycles. The molecule has 0 aromatic rings. The molecule has 0 bridgehead atoms. The molecule has 2 saturated carbocycles. The number of ether oxygens (including phenoxy) is 2. The quantitative estimate of drug-likeness (QED) is 0.454. The molecule has 1 heterocycles. The summed E-state index contributed by atoms with van der Waals surface area (Å²) in [5.74, 6) is 0. The van der Waals surface area contributed by atoms with E-state index in [-0.39, 0.29) is 0 Å². The van der Waals surface area contributed by atoms with E-state index in [0.29, 0.717) is 0 Å². The van der Waals surface area contributed by atoms with Crippen molar-refractivity contribution in [2.75, 3.05) is 7.11 Å². The van der Waals surface area contributed by atoms with Gasteiger partial charge in [-0.3, -0.25) is 0 Å². The minimum Gasteiger partial charge on any atom is -0.387 e. The van der Waals surface area contributed by atoms with Gasteiger partial charge in [-0.1, -0.05) is 19.3 Å². The van der Waals surface area contributed by atoms with E-state index < -0.39 is 41.7 Å². The fraction of sp³-hybridized carbons (Fsp3) is 1.00. The highest BCUT2D eigenvalue weighted by atomic mass is 16.7. The van der Waals surface area contributed by atoms with Crippen molar-refractivity contribution in [2.45, 2.75) is 73.8 Å². The third kappa shape index (κ3) is 1.58. The van der Waals surface area contributed by atoms with Crippen LogP contribution in [0.15, 0.2) is 0 Å². The summed E-state index contributed by atoms with van der Waals surface area (Å²) in [4.78, 5) is 0. The van der Waals surface area contributed by atoms with Crippen LogP contribution in [0.5, 0.6) is 0 Å². The SMILES string of the molecule is CO[C@H]1[C@H](O)[C@@H](O)[C@H](O)[C@]2(OC23CCCCC3)[C@H]1O. The van der Waals surface area contributed by atoms with Crippen molar-refractivity contribution in [1.29, 1.82) is 0 Å². The molecule has 6 nitrogen and oxygen atoms in total. The van der Waals surface area contributed by atoms with Crippen molar-refractivity contribution in [1.82, 2.24) is 0 Å². The van der Waals surface area contributed by atoms with Crippen LogP contribution in [-0.2, 0) is 9.47 Å². The number of aliphatic hydroxyl groups excluding tert-OH is 4. The number of hydrogen-bond donors (Lipinski definition) is 4. The summed E-state index contributed by atoms with van der Waals surface area (Å²) in [5.41, 5.74) is -1.76. The third-order valence-corrected chi connectivity index (χ3v) is 5.17. The molecule has 6 atom stereocenters. The second-order valence-corrected chi connectivity index (χ2v) is 6.02. The molecule has 3 fully saturated rings.